The average molecular weight is 427 g/mol. The highest BCUT2D eigenvalue weighted by atomic mass is 32.1. The molecule has 1 aliphatic rings. The van der Waals surface area contributed by atoms with E-state index >= 15 is 0 Å². The molecule has 154 valence electrons. The summed E-state index contributed by atoms with van der Waals surface area (Å²) in [5.74, 6) is 0.996. The average Bonchev–Trinajstić information content (AvgIpc) is 3.12. The molecule has 1 N–H and O–H groups in total. The molecule has 0 saturated heterocycles. The lowest BCUT2D eigenvalue weighted by Gasteiger charge is -2.03. The predicted molar refractivity (Wildman–Crippen MR) is 109 cm³/mol. The van der Waals surface area contributed by atoms with E-state index in [9.17, 15) is 8.78 Å². The van der Waals surface area contributed by atoms with Gasteiger partial charge in [-0.15, -0.1) is 10.2 Å². The Morgan fingerprint density at radius 2 is 1.90 bits per heavy atom. The Bertz CT molecular complexity index is 1130. The lowest BCUT2D eigenvalue weighted by atomic mass is 10.2. The van der Waals surface area contributed by atoms with Gasteiger partial charge in [0.25, 0.3) is 6.43 Å². The molecule has 3 aromatic heterocycles. The van der Waals surface area contributed by atoms with Gasteiger partial charge in [-0.05, 0) is 24.5 Å². The quantitative estimate of drug-likeness (QED) is 0.445. The molecule has 1 saturated carbocycles. The summed E-state index contributed by atoms with van der Waals surface area (Å²) in [6.07, 6.45) is 1.36. The second-order valence-electron chi connectivity index (χ2n) is 7.24. The number of benzene rings is 1. The van der Waals surface area contributed by atoms with E-state index in [2.05, 4.69) is 37.8 Å². The number of anilines is 2. The smallest absolute Gasteiger partial charge is 0.282 e. The molecular weight excluding hydrogens is 408 g/mol. The van der Waals surface area contributed by atoms with Crippen LogP contribution >= 0.6 is 11.3 Å². The minimum Gasteiger partial charge on any atom is -0.313 e. The molecule has 4 aromatic rings. The van der Waals surface area contributed by atoms with E-state index in [1.807, 2.05) is 35.1 Å². The lowest BCUT2D eigenvalue weighted by molar-refractivity contribution is 0.145. The third kappa shape index (κ3) is 4.23. The van der Waals surface area contributed by atoms with Gasteiger partial charge >= 0.3 is 0 Å². The van der Waals surface area contributed by atoms with Crippen LogP contribution in [0.25, 0.3) is 0 Å². The molecule has 0 spiro atoms. The molecule has 0 aliphatic heterocycles. The molecule has 5 rings (SSSR count). The number of hydrogen-bond donors (Lipinski definition) is 1. The van der Waals surface area contributed by atoms with Gasteiger partial charge in [-0.25, -0.2) is 8.78 Å². The van der Waals surface area contributed by atoms with Crippen LogP contribution < -0.4 is 5.32 Å². The largest absolute Gasteiger partial charge is 0.313 e. The van der Waals surface area contributed by atoms with Crippen molar-refractivity contribution in [2.75, 3.05) is 5.32 Å². The number of rotatable bonds is 8. The zero-order valence-electron chi connectivity index (χ0n) is 15.9. The van der Waals surface area contributed by atoms with Gasteiger partial charge in [-0.3, -0.25) is 9.36 Å². The number of nitrogens with one attached hydrogen (secondary N) is 1. The fraction of sp³-hybridized carbons (Fsp3) is 0.300. The molecule has 1 aromatic carbocycles. The van der Waals surface area contributed by atoms with E-state index in [-0.39, 0.29) is 5.69 Å². The second kappa shape index (κ2) is 7.94. The third-order valence-electron chi connectivity index (χ3n) is 4.86. The fourth-order valence-corrected chi connectivity index (χ4v) is 4.01. The van der Waals surface area contributed by atoms with Crippen LogP contribution in [0.4, 0.5) is 19.7 Å². The van der Waals surface area contributed by atoms with Crippen LogP contribution in [0.3, 0.4) is 0 Å². The van der Waals surface area contributed by atoms with Crippen molar-refractivity contribution in [2.45, 2.75) is 38.3 Å². The van der Waals surface area contributed by atoms with Crippen molar-refractivity contribution >= 4 is 22.3 Å². The molecule has 1 aliphatic carbocycles. The maximum absolute atomic E-state index is 13.0. The van der Waals surface area contributed by atoms with Crippen LogP contribution in [-0.4, -0.2) is 29.8 Å². The first-order valence-corrected chi connectivity index (χ1v) is 10.5. The first-order chi connectivity index (χ1) is 14.6. The van der Waals surface area contributed by atoms with E-state index in [1.54, 1.807) is 4.68 Å². The third-order valence-corrected chi connectivity index (χ3v) is 5.69. The Morgan fingerprint density at radius 3 is 2.67 bits per heavy atom. The number of hydrogen-bond acceptors (Lipinski definition) is 6. The SMILES string of the molecule is FC(F)c1cc(C2CC2)n(Cc2nnc(Nc3ccn(Cc4ccccc4)n3)s2)n1. The Kier molecular flexibility index (Phi) is 4.99. The van der Waals surface area contributed by atoms with Gasteiger partial charge in [-0.2, -0.15) is 10.2 Å². The molecule has 3 heterocycles. The minimum absolute atomic E-state index is 0.177. The molecule has 0 unspecified atom stereocenters. The molecule has 0 atom stereocenters. The van der Waals surface area contributed by atoms with Gasteiger partial charge in [0.05, 0.1) is 13.1 Å². The summed E-state index contributed by atoms with van der Waals surface area (Å²) >= 11 is 1.36. The zero-order chi connectivity index (χ0) is 20.5. The number of nitrogens with zero attached hydrogens (tertiary/aromatic N) is 6. The topological polar surface area (TPSA) is 73.5 Å². The summed E-state index contributed by atoms with van der Waals surface area (Å²) in [5.41, 5.74) is 1.84. The van der Waals surface area contributed by atoms with Crippen LogP contribution in [-0.2, 0) is 13.1 Å². The summed E-state index contributed by atoms with van der Waals surface area (Å²) in [6.45, 7) is 1.01. The van der Waals surface area contributed by atoms with Crippen molar-refractivity contribution in [3.05, 3.63) is 70.6 Å². The summed E-state index contributed by atoms with van der Waals surface area (Å²) < 4.78 is 29.6. The standard InChI is InChI=1S/C20H19F2N7S/c21-19(22)15-10-16(14-6-7-14)29(26-15)12-18-24-25-20(30-18)23-17-8-9-28(27-17)11-13-4-2-1-3-5-13/h1-5,8-10,14,19H,6-7,11-12H2,(H,23,25,27). The molecule has 1 fully saturated rings. The Balaban J connectivity index is 1.25. The van der Waals surface area contributed by atoms with E-state index in [0.717, 1.165) is 18.5 Å². The maximum atomic E-state index is 13.0. The number of halogens is 2. The van der Waals surface area contributed by atoms with Gasteiger partial charge < -0.3 is 5.32 Å². The Labute approximate surface area is 175 Å². The molecule has 0 amide bonds. The van der Waals surface area contributed by atoms with Gasteiger partial charge in [0.1, 0.15) is 10.7 Å². The number of alkyl halides is 2. The summed E-state index contributed by atoms with van der Waals surface area (Å²) in [6, 6.07) is 13.5. The van der Waals surface area contributed by atoms with Crippen molar-refractivity contribution in [1.29, 1.82) is 0 Å². The van der Waals surface area contributed by atoms with Crippen LogP contribution in [0.5, 0.6) is 0 Å². The zero-order valence-corrected chi connectivity index (χ0v) is 16.8. The lowest BCUT2D eigenvalue weighted by Crippen LogP contribution is -2.05. The highest BCUT2D eigenvalue weighted by Gasteiger charge is 2.30. The predicted octanol–water partition coefficient (Wildman–Crippen LogP) is 4.59. The second-order valence-corrected chi connectivity index (χ2v) is 8.30. The van der Waals surface area contributed by atoms with Crippen molar-refractivity contribution in [1.82, 2.24) is 29.8 Å². The van der Waals surface area contributed by atoms with E-state index in [4.69, 9.17) is 0 Å². The minimum atomic E-state index is -2.57. The normalized spacial score (nSPS) is 13.8. The molecule has 0 bridgehead atoms. The first-order valence-electron chi connectivity index (χ1n) is 9.66. The number of aromatic nitrogens is 6. The van der Waals surface area contributed by atoms with Crippen molar-refractivity contribution in [3.8, 4) is 0 Å². The van der Waals surface area contributed by atoms with Gasteiger partial charge in [0, 0.05) is 23.9 Å². The maximum Gasteiger partial charge on any atom is 0.282 e. The molecule has 0 radical (unpaired) electrons. The summed E-state index contributed by atoms with van der Waals surface area (Å²) in [7, 11) is 0. The van der Waals surface area contributed by atoms with Gasteiger partial charge in [-0.1, -0.05) is 41.7 Å². The first kappa shape index (κ1) is 18.9. The van der Waals surface area contributed by atoms with Crippen LogP contribution in [0.1, 0.15) is 47.1 Å². The van der Waals surface area contributed by atoms with Crippen LogP contribution in [0.2, 0.25) is 0 Å². The molecular formula is C20H19F2N7S. The highest BCUT2D eigenvalue weighted by Crippen LogP contribution is 2.41. The monoisotopic (exact) mass is 427 g/mol. The fourth-order valence-electron chi connectivity index (χ4n) is 3.29. The van der Waals surface area contributed by atoms with Crippen LogP contribution in [0.15, 0.2) is 48.7 Å². The molecule has 7 nitrogen and oxygen atoms in total. The summed E-state index contributed by atoms with van der Waals surface area (Å²) in [5, 5.41) is 21.4. The van der Waals surface area contributed by atoms with Gasteiger partial charge in [0.2, 0.25) is 5.13 Å². The van der Waals surface area contributed by atoms with Crippen molar-refractivity contribution < 1.29 is 8.78 Å². The van der Waals surface area contributed by atoms with Crippen molar-refractivity contribution in [3.63, 3.8) is 0 Å². The Morgan fingerprint density at radius 1 is 1.07 bits per heavy atom. The van der Waals surface area contributed by atoms with E-state index in [1.165, 1.54) is 23.0 Å². The van der Waals surface area contributed by atoms with E-state index in [0.29, 0.717) is 35.0 Å². The molecule has 10 heteroatoms. The Hall–Kier alpha value is -3.14. The van der Waals surface area contributed by atoms with E-state index < -0.39 is 6.43 Å². The summed E-state index contributed by atoms with van der Waals surface area (Å²) in [4.78, 5) is 0. The van der Waals surface area contributed by atoms with Crippen LogP contribution in [0, 0.1) is 0 Å². The highest BCUT2D eigenvalue weighted by molar-refractivity contribution is 7.15. The van der Waals surface area contributed by atoms with Gasteiger partial charge in [0.15, 0.2) is 5.82 Å². The van der Waals surface area contributed by atoms with Crippen molar-refractivity contribution in [2.24, 2.45) is 0 Å². The molecule has 30 heavy (non-hydrogen) atoms.